The maximum atomic E-state index is 5.27. The molecule has 1 aliphatic heterocycles. The van der Waals surface area contributed by atoms with E-state index in [1.807, 2.05) is 18.2 Å². The Balaban J connectivity index is 1.81. The first-order chi connectivity index (χ1) is 7.34. The summed E-state index contributed by atoms with van der Waals surface area (Å²) in [7, 11) is 0. The molecule has 0 aromatic carbocycles. The number of hydrazine groups is 1. The molecule has 0 spiro atoms. The van der Waals surface area contributed by atoms with Crippen molar-refractivity contribution in [3.8, 4) is 0 Å². The molecule has 1 aromatic heterocycles. The molecular weight excluding hydrogens is 258 g/mol. The summed E-state index contributed by atoms with van der Waals surface area (Å²) in [6, 6.07) is 5.93. The van der Waals surface area contributed by atoms with E-state index in [2.05, 4.69) is 31.3 Å². The summed E-state index contributed by atoms with van der Waals surface area (Å²) in [5.74, 6) is 0. The topological polar surface area (TPSA) is 37.4 Å². The van der Waals surface area contributed by atoms with Crippen LogP contribution in [0.3, 0.4) is 0 Å². The minimum absolute atomic E-state index is 0.763. The van der Waals surface area contributed by atoms with Gasteiger partial charge in [0.2, 0.25) is 0 Å². The third-order valence-electron chi connectivity index (χ3n) is 2.27. The van der Waals surface area contributed by atoms with Gasteiger partial charge in [-0.2, -0.15) is 0 Å². The van der Waals surface area contributed by atoms with Crippen molar-refractivity contribution >= 4 is 15.9 Å². The normalized spacial score (nSPS) is 17.9. The van der Waals surface area contributed by atoms with Gasteiger partial charge >= 0.3 is 0 Å². The molecule has 2 rings (SSSR count). The molecule has 15 heavy (non-hydrogen) atoms. The molecule has 0 atom stereocenters. The van der Waals surface area contributed by atoms with Gasteiger partial charge in [-0.25, -0.2) is 15.4 Å². The zero-order chi connectivity index (χ0) is 10.5. The number of hydrogen-bond acceptors (Lipinski definition) is 4. The highest BCUT2D eigenvalue weighted by Gasteiger charge is 2.09. The number of aromatic nitrogens is 1. The molecule has 0 saturated carbocycles. The van der Waals surface area contributed by atoms with Crippen LogP contribution in [-0.2, 0) is 11.3 Å². The molecule has 4 nitrogen and oxygen atoms in total. The predicted octanol–water partition coefficient (Wildman–Crippen LogP) is 1.18. The standard InChI is InChI=1S/C10H14BrN3O/c11-10-3-1-2-9(13-10)8-12-14-4-6-15-7-5-14/h1-3,12H,4-8H2. The number of nitrogens with one attached hydrogen (secondary N) is 1. The van der Waals surface area contributed by atoms with Crippen LogP contribution >= 0.6 is 15.9 Å². The summed E-state index contributed by atoms with van der Waals surface area (Å²) in [4.78, 5) is 4.35. The van der Waals surface area contributed by atoms with Crippen molar-refractivity contribution in [3.05, 3.63) is 28.5 Å². The van der Waals surface area contributed by atoms with Crippen LogP contribution in [0.2, 0.25) is 0 Å². The van der Waals surface area contributed by atoms with Crippen LogP contribution in [0.5, 0.6) is 0 Å². The van der Waals surface area contributed by atoms with Crippen LogP contribution in [0, 0.1) is 0 Å². The van der Waals surface area contributed by atoms with E-state index in [0.717, 1.165) is 43.1 Å². The first kappa shape index (κ1) is 11.0. The largest absolute Gasteiger partial charge is 0.379 e. The summed E-state index contributed by atoms with van der Waals surface area (Å²) in [5.41, 5.74) is 4.37. The van der Waals surface area contributed by atoms with E-state index in [1.54, 1.807) is 0 Å². The van der Waals surface area contributed by atoms with Gasteiger partial charge in [0.05, 0.1) is 25.5 Å². The Bertz CT molecular complexity index is 315. The van der Waals surface area contributed by atoms with E-state index >= 15 is 0 Å². The second kappa shape index (κ2) is 5.55. The van der Waals surface area contributed by atoms with Crippen molar-refractivity contribution in [1.82, 2.24) is 15.4 Å². The zero-order valence-electron chi connectivity index (χ0n) is 8.45. The van der Waals surface area contributed by atoms with E-state index in [0.29, 0.717) is 0 Å². The van der Waals surface area contributed by atoms with Crippen LogP contribution in [0.25, 0.3) is 0 Å². The number of nitrogens with zero attached hydrogens (tertiary/aromatic N) is 2. The number of ether oxygens (including phenoxy) is 1. The van der Waals surface area contributed by atoms with Crippen molar-refractivity contribution in [2.75, 3.05) is 26.3 Å². The van der Waals surface area contributed by atoms with Gasteiger partial charge < -0.3 is 4.74 Å². The van der Waals surface area contributed by atoms with Gasteiger partial charge in [0.1, 0.15) is 4.60 Å². The Morgan fingerprint density at radius 2 is 2.20 bits per heavy atom. The molecule has 0 unspecified atom stereocenters. The number of rotatable bonds is 3. The fourth-order valence-corrected chi connectivity index (χ4v) is 1.84. The molecule has 0 aliphatic carbocycles. The summed E-state index contributed by atoms with van der Waals surface area (Å²) < 4.78 is 6.14. The Kier molecular flexibility index (Phi) is 4.08. The fraction of sp³-hybridized carbons (Fsp3) is 0.500. The van der Waals surface area contributed by atoms with Crippen LogP contribution in [-0.4, -0.2) is 36.3 Å². The molecule has 82 valence electrons. The minimum Gasteiger partial charge on any atom is -0.379 e. The molecule has 1 fully saturated rings. The number of morpholine rings is 1. The molecule has 2 heterocycles. The minimum atomic E-state index is 0.763. The lowest BCUT2D eigenvalue weighted by Crippen LogP contribution is -2.45. The Labute approximate surface area is 97.7 Å². The fourth-order valence-electron chi connectivity index (χ4n) is 1.46. The highest BCUT2D eigenvalue weighted by Crippen LogP contribution is 2.06. The quantitative estimate of drug-likeness (QED) is 0.838. The number of hydrogen-bond donors (Lipinski definition) is 1. The van der Waals surface area contributed by atoms with Crippen molar-refractivity contribution in [2.45, 2.75) is 6.54 Å². The molecule has 1 aliphatic rings. The summed E-state index contributed by atoms with van der Waals surface area (Å²) in [6.45, 7) is 4.25. The lowest BCUT2D eigenvalue weighted by atomic mass is 10.3. The Morgan fingerprint density at radius 3 is 2.93 bits per heavy atom. The average molecular weight is 272 g/mol. The average Bonchev–Trinajstić information content (AvgIpc) is 2.28. The van der Waals surface area contributed by atoms with E-state index < -0.39 is 0 Å². The third kappa shape index (κ3) is 3.53. The van der Waals surface area contributed by atoms with Crippen LogP contribution in [0.4, 0.5) is 0 Å². The van der Waals surface area contributed by atoms with Gasteiger partial charge in [-0.3, -0.25) is 0 Å². The second-order valence-corrected chi connectivity index (χ2v) is 4.20. The second-order valence-electron chi connectivity index (χ2n) is 3.39. The lowest BCUT2D eigenvalue weighted by Gasteiger charge is -2.27. The van der Waals surface area contributed by atoms with Crippen molar-refractivity contribution in [1.29, 1.82) is 0 Å². The van der Waals surface area contributed by atoms with Crippen molar-refractivity contribution in [3.63, 3.8) is 0 Å². The molecule has 1 saturated heterocycles. The first-order valence-corrected chi connectivity index (χ1v) is 5.81. The lowest BCUT2D eigenvalue weighted by molar-refractivity contribution is 0.0103. The van der Waals surface area contributed by atoms with Crippen LogP contribution in [0.1, 0.15) is 5.69 Å². The third-order valence-corrected chi connectivity index (χ3v) is 2.71. The molecule has 1 N–H and O–H groups in total. The predicted molar refractivity (Wildman–Crippen MR) is 61.2 cm³/mol. The molecule has 0 amide bonds. The smallest absolute Gasteiger partial charge is 0.106 e. The van der Waals surface area contributed by atoms with Gasteiger partial charge in [-0.05, 0) is 28.1 Å². The van der Waals surface area contributed by atoms with Gasteiger partial charge in [-0.1, -0.05) is 6.07 Å². The highest BCUT2D eigenvalue weighted by molar-refractivity contribution is 9.10. The summed E-state index contributed by atoms with van der Waals surface area (Å²) in [5, 5.41) is 2.17. The Morgan fingerprint density at radius 1 is 1.40 bits per heavy atom. The van der Waals surface area contributed by atoms with Crippen LogP contribution < -0.4 is 5.43 Å². The maximum Gasteiger partial charge on any atom is 0.106 e. The van der Waals surface area contributed by atoms with E-state index in [4.69, 9.17) is 4.74 Å². The summed E-state index contributed by atoms with van der Waals surface area (Å²) in [6.07, 6.45) is 0. The number of halogens is 1. The molecule has 0 radical (unpaired) electrons. The number of pyridine rings is 1. The monoisotopic (exact) mass is 271 g/mol. The van der Waals surface area contributed by atoms with E-state index in [9.17, 15) is 0 Å². The van der Waals surface area contributed by atoms with Gasteiger partial charge in [-0.15, -0.1) is 0 Å². The van der Waals surface area contributed by atoms with Gasteiger partial charge in [0, 0.05) is 13.1 Å². The van der Waals surface area contributed by atoms with Crippen molar-refractivity contribution in [2.24, 2.45) is 0 Å². The molecule has 1 aromatic rings. The van der Waals surface area contributed by atoms with Gasteiger partial charge in [0.25, 0.3) is 0 Å². The zero-order valence-corrected chi connectivity index (χ0v) is 10.0. The first-order valence-electron chi connectivity index (χ1n) is 5.02. The SMILES string of the molecule is Brc1cccc(CNN2CCOCC2)n1. The summed E-state index contributed by atoms with van der Waals surface area (Å²) >= 11 is 3.36. The van der Waals surface area contributed by atoms with Crippen LogP contribution in [0.15, 0.2) is 22.8 Å². The van der Waals surface area contributed by atoms with E-state index in [1.165, 1.54) is 0 Å². The van der Waals surface area contributed by atoms with Crippen molar-refractivity contribution < 1.29 is 4.74 Å². The Hall–Kier alpha value is -0.490. The molecule has 0 bridgehead atoms. The maximum absolute atomic E-state index is 5.27. The highest BCUT2D eigenvalue weighted by atomic mass is 79.9. The van der Waals surface area contributed by atoms with E-state index in [-0.39, 0.29) is 0 Å². The molecule has 5 heteroatoms. The molecular formula is C10H14BrN3O. The van der Waals surface area contributed by atoms with Gasteiger partial charge in [0.15, 0.2) is 0 Å².